The Hall–Kier alpha value is -1.53. The maximum Gasteiger partial charge on any atom is 0.184 e. The second-order valence-corrected chi connectivity index (χ2v) is 6.86. The van der Waals surface area contributed by atoms with Gasteiger partial charge in [-0.2, -0.15) is 5.10 Å². The number of nitrogens with two attached hydrogens (primary N) is 1. The molecular weight excluding hydrogens is 298 g/mol. The number of hydrogen-bond acceptors (Lipinski definition) is 4. The molecule has 5 nitrogen and oxygen atoms in total. The average Bonchev–Trinajstić information content (AvgIpc) is 2.66. The topological polar surface area (TPSA) is 78.0 Å². The maximum atomic E-state index is 12.4. The molecule has 0 saturated heterocycles. The molecule has 0 amide bonds. The van der Waals surface area contributed by atoms with Crippen LogP contribution in [0.1, 0.15) is 18.3 Å². The number of aromatic nitrogens is 2. The number of sulfone groups is 1. The Balaban J connectivity index is 2.43. The van der Waals surface area contributed by atoms with Crippen LogP contribution in [0.3, 0.4) is 0 Å². The monoisotopic (exact) mass is 313 g/mol. The quantitative estimate of drug-likeness (QED) is 0.879. The molecule has 2 N–H and O–H groups in total. The third kappa shape index (κ3) is 2.81. The summed E-state index contributed by atoms with van der Waals surface area (Å²) in [5.74, 6) is -0.191. The van der Waals surface area contributed by atoms with E-state index in [0.717, 1.165) is 0 Å². The van der Waals surface area contributed by atoms with Gasteiger partial charge in [0.25, 0.3) is 0 Å². The minimum Gasteiger partial charge on any atom is -0.399 e. The van der Waals surface area contributed by atoms with E-state index in [0.29, 0.717) is 28.6 Å². The smallest absolute Gasteiger partial charge is 0.184 e. The van der Waals surface area contributed by atoms with Crippen molar-refractivity contribution in [3.63, 3.8) is 0 Å². The lowest BCUT2D eigenvalue weighted by Crippen LogP contribution is -2.11. The summed E-state index contributed by atoms with van der Waals surface area (Å²) in [6.07, 6.45) is 0. The van der Waals surface area contributed by atoms with Crippen molar-refractivity contribution in [1.82, 2.24) is 9.78 Å². The van der Waals surface area contributed by atoms with Crippen LogP contribution >= 0.6 is 11.6 Å². The number of benzene rings is 1. The molecule has 7 heteroatoms. The van der Waals surface area contributed by atoms with E-state index in [2.05, 4.69) is 5.10 Å². The van der Waals surface area contributed by atoms with Crippen molar-refractivity contribution in [1.29, 1.82) is 0 Å². The van der Waals surface area contributed by atoms with Gasteiger partial charge in [-0.15, -0.1) is 0 Å². The fourth-order valence-electron chi connectivity index (χ4n) is 1.98. The van der Waals surface area contributed by atoms with Crippen molar-refractivity contribution < 1.29 is 8.42 Å². The summed E-state index contributed by atoms with van der Waals surface area (Å²) in [4.78, 5) is 0.190. The number of halogens is 1. The Morgan fingerprint density at radius 2 is 2.10 bits per heavy atom. The van der Waals surface area contributed by atoms with Gasteiger partial charge in [-0.05, 0) is 32.0 Å². The maximum absolute atomic E-state index is 12.4. The number of nitrogen functional groups attached to an aromatic ring is 1. The molecule has 0 saturated carbocycles. The molecule has 2 aromatic rings. The van der Waals surface area contributed by atoms with Gasteiger partial charge in [0, 0.05) is 12.2 Å². The summed E-state index contributed by atoms with van der Waals surface area (Å²) in [7, 11) is -3.50. The first kappa shape index (κ1) is 14.9. The van der Waals surface area contributed by atoms with E-state index >= 15 is 0 Å². The highest BCUT2D eigenvalue weighted by Gasteiger charge is 2.22. The molecular formula is C13H16ClN3O2S. The average molecular weight is 314 g/mol. The predicted octanol–water partition coefficient (Wildman–Crippen LogP) is 2.42. The molecule has 0 aliphatic heterocycles. The zero-order valence-corrected chi connectivity index (χ0v) is 12.9. The van der Waals surface area contributed by atoms with E-state index in [1.165, 1.54) is 12.1 Å². The summed E-state index contributed by atoms with van der Waals surface area (Å²) in [6, 6.07) is 6.24. The van der Waals surface area contributed by atoms with Crippen LogP contribution in [0.5, 0.6) is 0 Å². The van der Waals surface area contributed by atoms with E-state index in [1.807, 2.05) is 6.92 Å². The Morgan fingerprint density at radius 1 is 1.40 bits per heavy atom. The van der Waals surface area contributed by atoms with Crippen LogP contribution in [-0.4, -0.2) is 18.2 Å². The van der Waals surface area contributed by atoms with Gasteiger partial charge in [-0.3, -0.25) is 4.68 Å². The van der Waals surface area contributed by atoms with E-state index in [4.69, 9.17) is 17.3 Å². The Bertz CT molecular complexity index is 738. The lowest BCUT2D eigenvalue weighted by Gasteiger charge is -2.07. The van der Waals surface area contributed by atoms with Crippen LogP contribution in [0.2, 0.25) is 5.02 Å². The second kappa shape index (κ2) is 5.46. The minimum absolute atomic E-state index is 0.190. The third-order valence-corrected chi connectivity index (χ3v) is 5.11. The van der Waals surface area contributed by atoms with Crippen molar-refractivity contribution >= 4 is 27.1 Å². The molecule has 0 spiro atoms. The van der Waals surface area contributed by atoms with E-state index < -0.39 is 9.84 Å². The molecule has 0 aliphatic carbocycles. The van der Waals surface area contributed by atoms with Crippen molar-refractivity contribution in [3.8, 4) is 0 Å². The fourth-order valence-corrected chi connectivity index (χ4v) is 3.68. The highest BCUT2D eigenvalue weighted by atomic mass is 35.5. The molecule has 1 aromatic carbocycles. The van der Waals surface area contributed by atoms with Gasteiger partial charge in [0.1, 0.15) is 0 Å². The van der Waals surface area contributed by atoms with Gasteiger partial charge in [0.2, 0.25) is 0 Å². The van der Waals surface area contributed by atoms with Crippen molar-refractivity contribution in [2.75, 3.05) is 5.73 Å². The molecule has 108 valence electrons. The zero-order chi connectivity index (χ0) is 14.9. The fraction of sp³-hybridized carbons (Fsp3) is 0.308. The van der Waals surface area contributed by atoms with Gasteiger partial charge in [-0.25, -0.2) is 8.42 Å². The molecule has 2 rings (SSSR count). The number of anilines is 1. The van der Waals surface area contributed by atoms with Gasteiger partial charge < -0.3 is 5.73 Å². The van der Waals surface area contributed by atoms with Crippen molar-refractivity contribution in [2.45, 2.75) is 31.0 Å². The summed E-state index contributed by atoms with van der Waals surface area (Å²) in [5.41, 5.74) is 7.18. The van der Waals surface area contributed by atoms with Crippen LogP contribution in [0.4, 0.5) is 5.69 Å². The van der Waals surface area contributed by atoms with Crippen LogP contribution in [-0.2, 0) is 22.1 Å². The number of rotatable bonds is 4. The molecule has 1 heterocycles. The highest BCUT2D eigenvalue weighted by molar-refractivity contribution is 7.90. The van der Waals surface area contributed by atoms with E-state index in [1.54, 1.807) is 23.7 Å². The summed E-state index contributed by atoms with van der Waals surface area (Å²) in [5, 5.41) is 4.62. The van der Waals surface area contributed by atoms with Gasteiger partial charge in [0.15, 0.2) is 9.84 Å². The van der Waals surface area contributed by atoms with Gasteiger partial charge >= 0.3 is 0 Å². The number of aryl methyl sites for hydroxylation is 2. The van der Waals surface area contributed by atoms with E-state index in [-0.39, 0.29) is 10.6 Å². The van der Waals surface area contributed by atoms with Crippen LogP contribution < -0.4 is 5.73 Å². The molecule has 1 aromatic heterocycles. The van der Waals surface area contributed by atoms with Crippen LogP contribution in [0.25, 0.3) is 0 Å². The van der Waals surface area contributed by atoms with Crippen LogP contribution in [0.15, 0.2) is 29.2 Å². The molecule has 0 radical (unpaired) electrons. The van der Waals surface area contributed by atoms with E-state index in [9.17, 15) is 8.42 Å². The Labute approximate surface area is 123 Å². The highest BCUT2D eigenvalue weighted by Crippen LogP contribution is 2.25. The number of nitrogens with zero attached hydrogens (tertiary/aromatic N) is 2. The summed E-state index contributed by atoms with van der Waals surface area (Å²) in [6.45, 7) is 4.21. The number of hydrogen-bond donors (Lipinski definition) is 1. The molecule has 20 heavy (non-hydrogen) atoms. The lowest BCUT2D eigenvalue weighted by molar-refractivity contribution is 0.585. The Kier molecular flexibility index (Phi) is 4.06. The van der Waals surface area contributed by atoms with Crippen molar-refractivity contribution in [3.05, 3.63) is 40.7 Å². The molecule has 0 aliphatic rings. The lowest BCUT2D eigenvalue weighted by atomic mass is 10.3. The molecule has 0 atom stereocenters. The second-order valence-electron chi connectivity index (χ2n) is 4.49. The van der Waals surface area contributed by atoms with Crippen molar-refractivity contribution in [2.24, 2.45) is 0 Å². The summed E-state index contributed by atoms with van der Waals surface area (Å²) < 4.78 is 26.5. The van der Waals surface area contributed by atoms with Crippen LogP contribution in [0, 0.1) is 6.92 Å². The standard InChI is InChI=1S/C13H16ClN3O2S/c1-3-17-12(13(14)9(2)16-17)8-20(18,19)11-6-4-5-10(15)7-11/h4-7H,3,8,15H2,1-2H3. The minimum atomic E-state index is -3.50. The molecule has 0 bridgehead atoms. The SMILES string of the molecule is CCn1nc(C)c(Cl)c1CS(=O)(=O)c1cccc(N)c1. The first-order valence-electron chi connectivity index (χ1n) is 6.15. The normalized spacial score (nSPS) is 11.8. The van der Waals surface area contributed by atoms with Gasteiger partial charge in [0.05, 0.1) is 27.1 Å². The Morgan fingerprint density at radius 3 is 2.70 bits per heavy atom. The largest absolute Gasteiger partial charge is 0.399 e. The first-order valence-corrected chi connectivity index (χ1v) is 8.18. The zero-order valence-electron chi connectivity index (χ0n) is 11.3. The molecule has 0 unspecified atom stereocenters. The molecule has 0 fully saturated rings. The first-order chi connectivity index (χ1) is 9.35. The van der Waals surface area contributed by atoms with Gasteiger partial charge in [-0.1, -0.05) is 17.7 Å². The third-order valence-electron chi connectivity index (χ3n) is 3.00. The predicted molar refractivity (Wildman–Crippen MR) is 79.4 cm³/mol. The summed E-state index contributed by atoms with van der Waals surface area (Å²) >= 11 is 6.15.